The summed E-state index contributed by atoms with van der Waals surface area (Å²) in [6.45, 7) is 4.04. The van der Waals surface area contributed by atoms with E-state index in [1.54, 1.807) is 6.21 Å². The van der Waals surface area contributed by atoms with Gasteiger partial charge in [0.25, 0.3) is 0 Å². The molecule has 0 atom stereocenters. The highest BCUT2D eigenvalue weighted by Gasteiger charge is 2.09. The van der Waals surface area contributed by atoms with Gasteiger partial charge < -0.3 is 9.30 Å². The van der Waals surface area contributed by atoms with E-state index < -0.39 is 6.09 Å². The number of aromatic nitrogens is 1. The summed E-state index contributed by atoms with van der Waals surface area (Å²) in [6, 6.07) is 10.1. The van der Waals surface area contributed by atoms with E-state index in [2.05, 4.69) is 35.8 Å². The molecular weight excluding hydrogens is 334 g/mol. The van der Waals surface area contributed by atoms with Gasteiger partial charge >= 0.3 is 6.09 Å². The molecule has 21 heavy (non-hydrogen) atoms. The van der Waals surface area contributed by atoms with Crippen LogP contribution in [0, 0.1) is 13.8 Å². The lowest BCUT2D eigenvalue weighted by atomic mass is 10.2. The summed E-state index contributed by atoms with van der Waals surface area (Å²) in [5, 5.41) is 3.87. The number of nitrogens with zero attached hydrogens (tertiary/aromatic N) is 2. The van der Waals surface area contributed by atoms with Crippen LogP contribution < -0.4 is 5.43 Å². The molecule has 1 aromatic heterocycles. The largest absolute Gasteiger partial charge is 0.452 e. The molecule has 0 unspecified atom stereocenters. The molecule has 0 radical (unpaired) electrons. The Labute approximate surface area is 131 Å². The molecule has 0 aliphatic heterocycles. The summed E-state index contributed by atoms with van der Waals surface area (Å²) >= 11 is 3.43. The van der Waals surface area contributed by atoms with Crippen LogP contribution in [-0.2, 0) is 4.74 Å². The van der Waals surface area contributed by atoms with Gasteiger partial charge in [-0.1, -0.05) is 15.9 Å². The van der Waals surface area contributed by atoms with E-state index in [4.69, 9.17) is 0 Å². The van der Waals surface area contributed by atoms with E-state index >= 15 is 0 Å². The van der Waals surface area contributed by atoms with E-state index in [-0.39, 0.29) is 0 Å². The van der Waals surface area contributed by atoms with Crippen LogP contribution in [0.2, 0.25) is 0 Å². The van der Waals surface area contributed by atoms with Crippen LogP contribution in [0.5, 0.6) is 0 Å². The van der Waals surface area contributed by atoms with E-state index in [0.717, 1.165) is 27.1 Å². The molecule has 1 N–H and O–H groups in total. The smallest absolute Gasteiger partial charge is 0.427 e. The van der Waals surface area contributed by atoms with E-state index in [9.17, 15) is 4.79 Å². The number of nitrogens with one attached hydrogen (secondary N) is 1. The Morgan fingerprint density at radius 1 is 1.33 bits per heavy atom. The van der Waals surface area contributed by atoms with Crippen LogP contribution in [0.1, 0.15) is 17.0 Å². The lowest BCUT2D eigenvalue weighted by Gasteiger charge is -2.09. The van der Waals surface area contributed by atoms with Crippen molar-refractivity contribution in [2.24, 2.45) is 5.10 Å². The third-order valence-corrected chi connectivity index (χ3v) is 3.63. The third kappa shape index (κ3) is 3.52. The average Bonchev–Trinajstić information content (AvgIpc) is 2.75. The van der Waals surface area contributed by atoms with Gasteiger partial charge in [0.15, 0.2) is 0 Å². The van der Waals surface area contributed by atoms with Gasteiger partial charge in [-0.2, -0.15) is 5.10 Å². The topological polar surface area (TPSA) is 55.6 Å². The van der Waals surface area contributed by atoms with E-state index in [0.29, 0.717) is 0 Å². The van der Waals surface area contributed by atoms with Gasteiger partial charge in [-0.05, 0) is 44.2 Å². The molecule has 1 aromatic carbocycles. The van der Waals surface area contributed by atoms with Crippen LogP contribution in [0.4, 0.5) is 4.79 Å². The molecule has 5 nitrogen and oxygen atoms in total. The van der Waals surface area contributed by atoms with Gasteiger partial charge in [-0.15, -0.1) is 0 Å². The highest BCUT2D eigenvalue weighted by Crippen LogP contribution is 2.21. The molecule has 0 saturated carbocycles. The van der Waals surface area contributed by atoms with Crippen molar-refractivity contribution >= 4 is 28.2 Å². The summed E-state index contributed by atoms with van der Waals surface area (Å²) in [7, 11) is 1.30. The molecule has 110 valence electrons. The first-order valence-corrected chi connectivity index (χ1v) is 7.14. The van der Waals surface area contributed by atoms with Crippen molar-refractivity contribution in [1.82, 2.24) is 9.99 Å². The van der Waals surface area contributed by atoms with E-state index in [1.165, 1.54) is 7.11 Å². The average molecular weight is 350 g/mol. The molecule has 0 fully saturated rings. The Morgan fingerprint density at radius 3 is 2.62 bits per heavy atom. The monoisotopic (exact) mass is 349 g/mol. The minimum Gasteiger partial charge on any atom is -0.452 e. The first kappa shape index (κ1) is 15.3. The van der Waals surface area contributed by atoms with Crippen LogP contribution >= 0.6 is 15.9 Å². The maximum absolute atomic E-state index is 11.0. The van der Waals surface area contributed by atoms with Crippen LogP contribution in [0.25, 0.3) is 5.69 Å². The number of benzene rings is 1. The summed E-state index contributed by atoms with van der Waals surface area (Å²) in [5.74, 6) is 0. The van der Waals surface area contributed by atoms with Crippen molar-refractivity contribution in [2.75, 3.05) is 7.11 Å². The molecule has 2 rings (SSSR count). The Balaban J connectivity index is 2.29. The Kier molecular flexibility index (Phi) is 4.80. The molecule has 0 bridgehead atoms. The number of rotatable bonds is 3. The third-order valence-electron chi connectivity index (χ3n) is 3.10. The minimum atomic E-state index is -0.590. The molecule has 1 heterocycles. The molecule has 2 aromatic rings. The van der Waals surface area contributed by atoms with Gasteiger partial charge in [-0.3, -0.25) is 0 Å². The molecule has 0 aliphatic carbocycles. The second-order valence-electron chi connectivity index (χ2n) is 4.50. The Hall–Kier alpha value is -2.08. The van der Waals surface area contributed by atoms with Crippen LogP contribution in [-0.4, -0.2) is 24.0 Å². The fourth-order valence-electron chi connectivity index (χ4n) is 2.11. The zero-order chi connectivity index (χ0) is 15.4. The van der Waals surface area contributed by atoms with Crippen LogP contribution in [0.3, 0.4) is 0 Å². The number of methoxy groups -OCH3 is 1. The minimum absolute atomic E-state index is 0.590. The lowest BCUT2D eigenvalue weighted by molar-refractivity contribution is 0.171. The van der Waals surface area contributed by atoms with Crippen molar-refractivity contribution < 1.29 is 9.53 Å². The molecular formula is C15H16BrN3O2. The quantitative estimate of drug-likeness (QED) is 0.680. The summed E-state index contributed by atoms with van der Waals surface area (Å²) in [5.41, 5.74) is 6.43. The second kappa shape index (κ2) is 6.58. The standard InChI is InChI=1S/C15H16BrN3O2/c1-10-8-12(9-17-18-15(20)21-3)11(2)19(10)14-6-4-13(16)5-7-14/h4-9H,1-3H3,(H,18,20)/b17-9+. The normalized spacial score (nSPS) is 10.9. The molecule has 6 heteroatoms. The Bertz CT molecular complexity index is 675. The first-order valence-electron chi connectivity index (χ1n) is 6.35. The molecule has 1 amide bonds. The predicted octanol–water partition coefficient (Wildman–Crippen LogP) is 3.55. The molecule has 0 aliphatic rings. The number of ether oxygens (including phenoxy) is 1. The van der Waals surface area contributed by atoms with Gasteiger partial charge in [0.2, 0.25) is 0 Å². The predicted molar refractivity (Wildman–Crippen MR) is 86.1 cm³/mol. The summed E-state index contributed by atoms with van der Waals surface area (Å²) in [6.07, 6.45) is 1.02. The maximum Gasteiger partial charge on any atom is 0.427 e. The zero-order valence-corrected chi connectivity index (χ0v) is 13.6. The summed E-state index contributed by atoms with van der Waals surface area (Å²) in [4.78, 5) is 11.0. The van der Waals surface area contributed by atoms with Gasteiger partial charge in [0, 0.05) is 27.1 Å². The number of hydrazone groups is 1. The van der Waals surface area contributed by atoms with Gasteiger partial charge in [0.1, 0.15) is 0 Å². The highest BCUT2D eigenvalue weighted by atomic mass is 79.9. The van der Waals surface area contributed by atoms with Crippen molar-refractivity contribution in [1.29, 1.82) is 0 Å². The van der Waals surface area contributed by atoms with E-state index in [1.807, 2.05) is 44.2 Å². The number of carbonyl (C=O) groups excluding carboxylic acids is 1. The number of aryl methyl sites for hydroxylation is 1. The zero-order valence-electron chi connectivity index (χ0n) is 12.1. The van der Waals surface area contributed by atoms with Gasteiger partial charge in [-0.25, -0.2) is 10.2 Å². The lowest BCUT2D eigenvalue weighted by Crippen LogP contribution is -2.16. The molecule has 0 spiro atoms. The highest BCUT2D eigenvalue weighted by molar-refractivity contribution is 9.10. The van der Waals surface area contributed by atoms with Crippen molar-refractivity contribution in [3.05, 3.63) is 51.8 Å². The fourth-order valence-corrected chi connectivity index (χ4v) is 2.37. The number of hydrogen-bond acceptors (Lipinski definition) is 3. The second-order valence-corrected chi connectivity index (χ2v) is 5.42. The van der Waals surface area contributed by atoms with Crippen molar-refractivity contribution in [2.45, 2.75) is 13.8 Å². The maximum atomic E-state index is 11.0. The summed E-state index contributed by atoms with van der Waals surface area (Å²) < 4.78 is 7.62. The fraction of sp³-hybridized carbons (Fsp3) is 0.200. The number of halogens is 1. The van der Waals surface area contributed by atoms with Crippen molar-refractivity contribution in [3.63, 3.8) is 0 Å². The number of hydrogen-bond donors (Lipinski definition) is 1. The Morgan fingerprint density at radius 2 is 2.00 bits per heavy atom. The number of carbonyl (C=O) groups is 1. The SMILES string of the molecule is COC(=O)N/N=C/c1cc(C)n(-c2ccc(Br)cc2)c1C. The molecule has 0 saturated heterocycles. The van der Waals surface area contributed by atoms with Gasteiger partial charge in [0.05, 0.1) is 13.3 Å². The van der Waals surface area contributed by atoms with Crippen molar-refractivity contribution in [3.8, 4) is 5.69 Å². The first-order chi connectivity index (χ1) is 10.0. The number of amides is 1. The van der Waals surface area contributed by atoms with Crippen LogP contribution in [0.15, 0.2) is 39.9 Å².